The summed E-state index contributed by atoms with van der Waals surface area (Å²) in [5.41, 5.74) is 0.0183. The van der Waals surface area contributed by atoms with Crippen LogP contribution < -0.4 is 4.90 Å². The zero-order valence-electron chi connectivity index (χ0n) is 19.1. The number of fused-ring (bicyclic) bond motifs is 2. The number of hydrogen-bond acceptors (Lipinski definition) is 3. The van der Waals surface area contributed by atoms with Gasteiger partial charge in [-0.1, -0.05) is 63.2 Å². The molecule has 4 rings (SSSR count). The number of hydrogen-bond donors (Lipinski definition) is 0. The van der Waals surface area contributed by atoms with Gasteiger partial charge in [0.25, 0.3) is 5.91 Å². The fraction of sp³-hybridized carbons (Fsp3) is 0.333. The zero-order chi connectivity index (χ0) is 24.7. The second kappa shape index (κ2) is 8.87. The highest BCUT2D eigenvalue weighted by molar-refractivity contribution is 5.99. The van der Waals surface area contributed by atoms with E-state index in [9.17, 15) is 22.8 Å². The molecule has 0 aliphatic carbocycles. The molecule has 1 radical (unpaired) electrons. The Morgan fingerprint density at radius 1 is 0.971 bits per heavy atom. The Morgan fingerprint density at radius 3 is 2.35 bits per heavy atom. The van der Waals surface area contributed by atoms with Gasteiger partial charge in [-0.25, -0.2) is 0 Å². The van der Waals surface area contributed by atoms with Crippen LogP contribution in [0.25, 0.3) is 10.8 Å². The van der Waals surface area contributed by atoms with Gasteiger partial charge in [0.15, 0.2) is 0 Å². The Kier molecular flexibility index (Phi) is 6.25. The number of anilines is 1. The predicted molar refractivity (Wildman–Crippen MR) is 124 cm³/mol. The molecule has 177 valence electrons. The van der Waals surface area contributed by atoms with Crippen LogP contribution in [-0.4, -0.2) is 24.8 Å². The summed E-state index contributed by atoms with van der Waals surface area (Å²) in [6.45, 7) is 6.03. The summed E-state index contributed by atoms with van der Waals surface area (Å²) < 4.78 is 47.3. The summed E-state index contributed by atoms with van der Waals surface area (Å²) in [6, 6.07) is 16.3. The van der Waals surface area contributed by atoms with Crippen molar-refractivity contribution in [2.75, 3.05) is 11.4 Å². The van der Waals surface area contributed by atoms with Crippen LogP contribution in [0.3, 0.4) is 0 Å². The van der Waals surface area contributed by atoms with Crippen LogP contribution in [0.15, 0.2) is 60.7 Å². The van der Waals surface area contributed by atoms with E-state index in [2.05, 4.69) is 0 Å². The maximum atomic E-state index is 13.7. The van der Waals surface area contributed by atoms with E-state index in [4.69, 9.17) is 4.74 Å². The number of nitrogens with zero attached hydrogens (tertiary/aromatic N) is 1. The molecule has 7 heteroatoms. The number of benzene rings is 3. The molecule has 1 amide bonds. The molecule has 0 spiro atoms. The van der Waals surface area contributed by atoms with Crippen LogP contribution in [0.2, 0.25) is 0 Å². The molecule has 0 saturated carbocycles. The summed E-state index contributed by atoms with van der Waals surface area (Å²) >= 11 is 0. The molecule has 2 atom stereocenters. The number of amides is 1. The molecule has 0 aromatic heterocycles. The monoisotopic (exact) mass is 468 g/mol. The van der Waals surface area contributed by atoms with Gasteiger partial charge in [0.2, 0.25) is 6.29 Å². The Hall–Kier alpha value is -3.19. The van der Waals surface area contributed by atoms with Crippen LogP contribution in [0.4, 0.5) is 18.9 Å². The lowest BCUT2D eigenvalue weighted by atomic mass is 9.92. The lowest BCUT2D eigenvalue weighted by Gasteiger charge is -2.31. The number of halogens is 3. The van der Waals surface area contributed by atoms with Crippen LogP contribution in [0, 0.1) is 5.41 Å². The van der Waals surface area contributed by atoms with Gasteiger partial charge in [-0.3, -0.25) is 9.59 Å². The van der Waals surface area contributed by atoms with E-state index in [1.165, 1.54) is 11.0 Å². The van der Waals surface area contributed by atoms with E-state index in [1.54, 1.807) is 18.4 Å². The first-order valence-corrected chi connectivity index (χ1v) is 11.0. The number of ether oxygens (including phenoxy) is 1. The standard InChI is InChI=1S/C27H25F3NO3/c1-26(2,3)16-31-22-12-11-18(27(28,29)30)15-21(22)24(34-23(13-14-32)25(31)33)20-10-6-8-17-7-4-5-9-19(17)20/h4-12,15,23-24H,13,16H2,1-3H3. The van der Waals surface area contributed by atoms with Crippen molar-refractivity contribution in [3.05, 3.63) is 77.4 Å². The maximum Gasteiger partial charge on any atom is 0.416 e. The van der Waals surface area contributed by atoms with Gasteiger partial charge in [0.1, 0.15) is 12.2 Å². The van der Waals surface area contributed by atoms with Gasteiger partial charge >= 0.3 is 6.18 Å². The van der Waals surface area contributed by atoms with E-state index >= 15 is 0 Å². The van der Waals surface area contributed by atoms with Gasteiger partial charge in [0.05, 0.1) is 5.56 Å². The summed E-state index contributed by atoms with van der Waals surface area (Å²) in [7, 11) is 0. The molecule has 0 fully saturated rings. The van der Waals surface area contributed by atoms with Crippen molar-refractivity contribution >= 4 is 28.7 Å². The van der Waals surface area contributed by atoms with Crippen molar-refractivity contribution < 1.29 is 27.5 Å². The van der Waals surface area contributed by atoms with E-state index < -0.39 is 29.9 Å². The van der Waals surface area contributed by atoms with Gasteiger partial charge in [-0.05, 0) is 39.9 Å². The topological polar surface area (TPSA) is 46.6 Å². The number of alkyl halides is 3. The van der Waals surface area contributed by atoms with Crippen LogP contribution in [0.1, 0.15) is 50.0 Å². The average Bonchev–Trinajstić information content (AvgIpc) is 2.88. The molecule has 1 aliphatic rings. The highest BCUT2D eigenvalue weighted by atomic mass is 19.4. The van der Waals surface area contributed by atoms with Gasteiger partial charge < -0.3 is 9.64 Å². The largest absolute Gasteiger partial charge is 0.416 e. The first-order chi connectivity index (χ1) is 16.0. The highest BCUT2D eigenvalue weighted by Gasteiger charge is 2.40. The summed E-state index contributed by atoms with van der Waals surface area (Å²) in [4.78, 5) is 26.3. The Balaban J connectivity index is 2.00. The van der Waals surface area contributed by atoms with E-state index in [0.29, 0.717) is 11.3 Å². The third-order valence-corrected chi connectivity index (χ3v) is 5.78. The second-order valence-electron chi connectivity index (χ2n) is 9.68. The van der Waals surface area contributed by atoms with E-state index in [1.807, 2.05) is 51.1 Å². The second-order valence-corrected chi connectivity index (χ2v) is 9.68. The summed E-state index contributed by atoms with van der Waals surface area (Å²) in [5.74, 6) is -0.470. The van der Waals surface area contributed by atoms with Crippen molar-refractivity contribution in [2.24, 2.45) is 5.41 Å². The normalized spacial score (nSPS) is 19.1. The molecular weight excluding hydrogens is 443 g/mol. The smallest absolute Gasteiger partial charge is 0.355 e. The predicted octanol–water partition coefficient (Wildman–Crippen LogP) is 6.23. The maximum absolute atomic E-state index is 13.7. The van der Waals surface area contributed by atoms with Crippen LogP contribution in [-0.2, 0) is 20.5 Å². The fourth-order valence-electron chi connectivity index (χ4n) is 4.34. The fourth-order valence-corrected chi connectivity index (χ4v) is 4.34. The minimum absolute atomic E-state index is 0.233. The molecule has 4 nitrogen and oxygen atoms in total. The first kappa shape index (κ1) is 24.0. The van der Waals surface area contributed by atoms with Crippen molar-refractivity contribution in [1.29, 1.82) is 0 Å². The number of carbonyl (C=O) groups excluding carboxylic acids is 2. The Morgan fingerprint density at radius 2 is 1.68 bits per heavy atom. The molecule has 1 heterocycles. The van der Waals surface area contributed by atoms with Crippen molar-refractivity contribution in [1.82, 2.24) is 0 Å². The molecule has 1 aliphatic heterocycles. The first-order valence-electron chi connectivity index (χ1n) is 11.0. The van der Waals surface area contributed by atoms with Gasteiger partial charge in [-0.2, -0.15) is 13.2 Å². The van der Waals surface area contributed by atoms with Crippen molar-refractivity contribution in [2.45, 2.75) is 45.6 Å². The van der Waals surface area contributed by atoms with Gasteiger partial charge in [0, 0.05) is 24.2 Å². The zero-order valence-corrected chi connectivity index (χ0v) is 19.1. The van der Waals surface area contributed by atoms with E-state index in [0.717, 1.165) is 22.9 Å². The number of rotatable bonds is 4. The lowest BCUT2D eigenvalue weighted by molar-refractivity contribution is -0.138. The molecule has 0 bridgehead atoms. The SMILES string of the molecule is CC(C)(C)CN1C(=O)C(C[C]=O)OC(c2cccc3ccccc23)c2cc(C(F)(F)F)ccc21. The van der Waals surface area contributed by atoms with Crippen molar-refractivity contribution in [3.8, 4) is 0 Å². The quantitative estimate of drug-likeness (QED) is 0.456. The Bertz CT molecular complexity index is 1220. The highest BCUT2D eigenvalue weighted by Crippen LogP contribution is 2.44. The van der Waals surface area contributed by atoms with Gasteiger partial charge in [-0.15, -0.1) is 0 Å². The molecule has 3 aromatic carbocycles. The number of carbonyl (C=O) groups is 1. The Labute approximate surface area is 196 Å². The third kappa shape index (κ3) is 4.71. The van der Waals surface area contributed by atoms with Crippen LogP contribution >= 0.6 is 0 Å². The van der Waals surface area contributed by atoms with Crippen molar-refractivity contribution in [3.63, 3.8) is 0 Å². The minimum atomic E-state index is -4.57. The molecular formula is C27H25F3NO3. The minimum Gasteiger partial charge on any atom is -0.355 e. The third-order valence-electron chi connectivity index (χ3n) is 5.78. The van der Waals surface area contributed by atoms with E-state index in [-0.39, 0.29) is 23.9 Å². The molecule has 0 saturated heterocycles. The average molecular weight is 468 g/mol. The molecule has 34 heavy (non-hydrogen) atoms. The molecule has 3 aromatic rings. The summed E-state index contributed by atoms with van der Waals surface area (Å²) in [6.07, 6.45) is -5.31. The summed E-state index contributed by atoms with van der Waals surface area (Å²) in [5, 5.41) is 1.68. The lowest BCUT2D eigenvalue weighted by Crippen LogP contribution is -2.43. The molecule has 0 N–H and O–H groups in total. The molecule has 2 unspecified atom stereocenters. The van der Waals surface area contributed by atoms with Crippen LogP contribution in [0.5, 0.6) is 0 Å².